The highest BCUT2D eigenvalue weighted by Gasteiger charge is 2.36. The van der Waals surface area contributed by atoms with Gasteiger partial charge in [-0.3, -0.25) is 0 Å². The molecule has 17 heavy (non-hydrogen) atoms. The second-order valence-corrected chi connectivity index (χ2v) is 7.33. The molecule has 0 saturated heterocycles. The molecule has 2 unspecified atom stereocenters. The topological polar surface area (TPSA) is 20.2 Å². The fourth-order valence-electron chi connectivity index (χ4n) is 3.75. The summed E-state index contributed by atoms with van der Waals surface area (Å²) in [7, 11) is 0. The van der Waals surface area contributed by atoms with Gasteiger partial charge in [0.1, 0.15) is 0 Å². The molecule has 0 bridgehead atoms. The SMILES string of the molecule is CC(C)CC(O)CC[C@H]1C(C)CCCC1(C)C. The van der Waals surface area contributed by atoms with Crippen molar-refractivity contribution >= 4 is 0 Å². The lowest BCUT2D eigenvalue weighted by molar-refractivity contribution is 0.0536. The molecule has 3 atom stereocenters. The molecule has 1 aliphatic rings. The summed E-state index contributed by atoms with van der Waals surface area (Å²) in [5, 5.41) is 10.0. The molecule has 0 aliphatic heterocycles. The predicted octanol–water partition coefficient (Wildman–Crippen LogP) is 4.64. The maximum Gasteiger partial charge on any atom is 0.0542 e. The van der Waals surface area contributed by atoms with Crippen LogP contribution in [0, 0.1) is 23.2 Å². The van der Waals surface area contributed by atoms with E-state index in [2.05, 4.69) is 34.6 Å². The fraction of sp³-hybridized carbons (Fsp3) is 1.00. The van der Waals surface area contributed by atoms with Crippen LogP contribution in [0.1, 0.15) is 73.1 Å². The van der Waals surface area contributed by atoms with Crippen molar-refractivity contribution in [1.29, 1.82) is 0 Å². The van der Waals surface area contributed by atoms with Crippen LogP contribution in [-0.2, 0) is 0 Å². The summed E-state index contributed by atoms with van der Waals surface area (Å²) < 4.78 is 0. The van der Waals surface area contributed by atoms with Gasteiger partial charge in [0.25, 0.3) is 0 Å². The van der Waals surface area contributed by atoms with Crippen LogP contribution in [-0.4, -0.2) is 11.2 Å². The molecule has 1 rings (SSSR count). The van der Waals surface area contributed by atoms with Crippen molar-refractivity contribution in [2.45, 2.75) is 79.2 Å². The zero-order chi connectivity index (χ0) is 13.1. The van der Waals surface area contributed by atoms with E-state index in [1.165, 1.54) is 25.7 Å². The standard InChI is InChI=1S/C16H32O/c1-12(2)11-14(17)8-9-15-13(3)7-6-10-16(15,4)5/h12-15,17H,6-11H2,1-5H3/t13?,14?,15-/m0/s1. The van der Waals surface area contributed by atoms with Gasteiger partial charge in [0.15, 0.2) is 0 Å². The molecule has 1 aliphatic carbocycles. The van der Waals surface area contributed by atoms with Crippen molar-refractivity contribution in [3.8, 4) is 0 Å². The molecule has 0 spiro atoms. The van der Waals surface area contributed by atoms with Crippen molar-refractivity contribution in [1.82, 2.24) is 0 Å². The van der Waals surface area contributed by atoms with Crippen molar-refractivity contribution in [3.63, 3.8) is 0 Å². The number of rotatable bonds is 5. The van der Waals surface area contributed by atoms with E-state index in [1.807, 2.05) is 0 Å². The van der Waals surface area contributed by atoms with E-state index in [9.17, 15) is 5.11 Å². The minimum Gasteiger partial charge on any atom is -0.393 e. The fourth-order valence-corrected chi connectivity index (χ4v) is 3.75. The lowest BCUT2D eigenvalue weighted by atomic mass is 9.62. The Labute approximate surface area is 108 Å². The van der Waals surface area contributed by atoms with Gasteiger partial charge in [-0.05, 0) is 48.9 Å². The minimum atomic E-state index is -0.0834. The number of aliphatic hydroxyl groups is 1. The zero-order valence-electron chi connectivity index (χ0n) is 12.5. The molecule has 102 valence electrons. The molecule has 1 heteroatoms. The second-order valence-electron chi connectivity index (χ2n) is 7.33. The van der Waals surface area contributed by atoms with E-state index in [0.717, 1.165) is 24.7 Å². The normalized spacial score (nSPS) is 30.5. The molecule has 0 aromatic carbocycles. The van der Waals surface area contributed by atoms with Crippen LogP contribution in [0.5, 0.6) is 0 Å². The second kappa shape index (κ2) is 6.22. The summed E-state index contributed by atoms with van der Waals surface area (Å²) in [6, 6.07) is 0. The van der Waals surface area contributed by atoms with Gasteiger partial charge < -0.3 is 5.11 Å². The Morgan fingerprint density at radius 1 is 1.29 bits per heavy atom. The summed E-state index contributed by atoms with van der Waals surface area (Å²) in [6.45, 7) is 11.6. The molecule has 0 heterocycles. The quantitative estimate of drug-likeness (QED) is 0.742. The first-order chi connectivity index (χ1) is 7.83. The van der Waals surface area contributed by atoms with E-state index >= 15 is 0 Å². The third-order valence-corrected chi connectivity index (χ3v) is 4.73. The van der Waals surface area contributed by atoms with Crippen LogP contribution in [0.3, 0.4) is 0 Å². The highest BCUT2D eigenvalue weighted by Crippen LogP contribution is 2.46. The molecule has 1 fully saturated rings. The average molecular weight is 240 g/mol. The van der Waals surface area contributed by atoms with E-state index in [0.29, 0.717) is 11.3 Å². The zero-order valence-corrected chi connectivity index (χ0v) is 12.5. The van der Waals surface area contributed by atoms with Gasteiger partial charge in [0, 0.05) is 0 Å². The van der Waals surface area contributed by atoms with Crippen molar-refractivity contribution in [2.75, 3.05) is 0 Å². The molecule has 1 N–H and O–H groups in total. The van der Waals surface area contributed by atoms with Gasteiger partial charge in [0.2, 0.25) is 0 Å². The smallest absolute Gasteiger partial charge is 0.0542 e. The molecule has 0 radical (unpaired) electrons. The maximum atomic E-state index is 10.0. The van der Waals surface area contributed by atoms with Crippen LogP contribution < -0.4 is 0 Å². The van der Waals surface area contributed by atoms with Gasteiger partial charge in [-0.25, -0.2) is 0 Å². The maximum absolute atomic E-state index is 10.0. The largest absolute Gasteiger partial charge is 0.393 e. The van der Waals surface area contributed by atoms with E-state index in [-0.39, 0.29) is 6.10 Å². The summed E-state index contributed by atoms with van der Waals surface area (Å²) in [6.07, 6.45) is 7.22. The average Bonchev–Trinajstić information content (AvgIpc) is 2.14. The Kier molecular flexibility index (Phi) is 5.50. The third kappa shape index (κ3) is 4.62. The lowest BCUT2D eigenvalue weighted by Crippen LogP contribution is -2.34. The molecular weight excluding hydrogens is 208 g/mol. The molecule has 0 aromatic heterocycles. The van der Waals surface area contributed by atoms with Crippen molar-refractivity contribution in [3.05, 3.63) is 0 Å². The Hall–Kier alpha value is -0.0400. The highest BCUT2D eigenvalue weighted by atomic mass is 16.3. The summed E-state index contributed by atoms with van der Waals surface area (Å²) >= 11 is 0. The number of hydrogen-bond donors (Lipinski definition) is 1. The van der Waals surface area contributed by atoms with Crippen LogP contribution in [0.15, 0.2) is 0 Å². The molecule has 1 nitrogen and oxygen atoms in total. The summed E-state index contributed by atoms with van der Waals surface area (Å²) in [5.74, 6) is 2.25. The van der Waals surface area contributed by atoms with E-state index in [4.69, 9.17) is 0 Å². The molecule has 0 amide bonds. The highest BCUT2D eigenvalue weighted by molar-refractivity contribution is 4.86. The van der Waals surface area contributed by atoms with Gasteiger partial charge >= 0.3 is 0 Å². The lowest BCUT2D eigenvalue weighted by Gasteiger charge is -2.43. The Balaban J connectivity index is 2.43. The third-order valence-electron chi connectivity index (χ3n) is 4.73. The van der Waals surface area contributed by atoms with Crippen molar-refractivity contribution < 1.29 is 5.11 Å². The Morgan fingerprint density at radius 2 is 1.94 bits per heavy atom. The molecule has 0 aromatic rings. The first kappa shape index (κ1) is 15.0. The van der Waals surface area contributed by atoms with Crippen LogP contribution in [0.25, 0.3) is 0 Å². The first-order valence-corrected chi connectivity index (χ1v) is 7.51. The van der Waals surface area contributed by atoms with Crippen molar-refractivity contribution in [2.24, 2.45) is 23.2 Å². The van der Waals surface area contributed by atoms with E-state index < -0.39 is 0 Å². The number of hydrogen-bond acceptors (Lipinski definition) is 1. The van der Waals surface area contributed by atoms with Gasteiger partial charge in [0.05, 0.1) is 6.10 Å². The Morgan fingerprint density at radius 3 is 2.47 bits per heavy atom. The van der Waals surface area contributed by atoms with Crippen LogP contribution in [0.2, 0.25) is 0 Å². The number of aliphatic hydroxyl groups excluding tert-OH is 1. The molecule has 1 saturated carbocycles. The van der Waals surface area contributed by atoms with Gasteiger partial charge in [-0.1, -0.05) is 47.5 Å². The van der Waals surface area contributed by atoms with Gasteiger partial charge in [-0.2, -0.15) is 0 Å². The van der Waals surface area contributed by atoms with Crippen LogP contribution in [0.4, 0.5) is 0 Å². The van der Waals surface area contributed by atoms with E-state index in [1.54, 1.807) is 0 Å². The predicted molar refractivity (Wildman–Crippen MR) is 75.0 cm³/mol. The first-order valence-electron chi connectivity index (χ1n) is 7.51. The monoisotopic (exact) mass is 240 g/mol. The summed E-state index contributed by atoms with van der Waals surface area (Å²) in [5.41, 5.74) is 0.481. The molecular formula is C16H32O. The minimum absolute atomic E-state index is 0.0834. The Bertz CT molecular complexity index is 220. The van der Waals surface area contributed by atoms with Crippen LogP contribution >= 0.6 is 0 Å². The van der Waals surface area contributed by atoms with Gasteiger partial charge in [-0.15, -0.1) is 0 Å². The summed E-state index contributed by atoms with van der Waals surface area (Å²) in [4.78, 5) is 0.